The Morgan fingerprint density at radius 1 is 1.12 bits per heavy atom. The third-order valence-corrected chi connectivity index (χ3v) is 5.60. The lowest BCUT2D eigenvalue weighted by molar-refractivity contribution is 0.00744. The van der Waals surface area contributed by atoms with Gasteiger partial charge < -0.3 is 4.52 Å². The highest BCUT2D eigenvalue weighted by molar-refractivity contribution is 5.53. The molecule has 2 aliphatic rings. The molecule has 1 aliphatic carbocycles. The van der Waals surface area contributed by atoms with E-state index >= 15 is 4.39 Å². The number of halogens is 1. The molecule has 134 valence electrons. The standard InChI is InChI=1S/C20H26FN3O/c21-20(19-22-18(23-25-19)17-10-5-2-6-11-17)12-7-13-24(15-20)14-16-8-3-1-4-9-16/h2,5-6,10-11,16H,1,3-4,7-9,12-15H2/t20-/m0/s1. The van der Waals surface area contributed by atoms with E-state index in [9.17, 15) is 0 Å². The number of rotatable bonds is 4. The van der Waals surface area contributed by atoms with Crippen LogP contribution >= 0.6 is 0 Å². The van der Waals surface area contributed by atoms with E-state index in [1.54, 1.807) is 0 Å². The van der Waals surface area contributed by atoms with Gasteiger partial charge >= 0.3 is 0 Å². The number of alkyl halides is 1. The summed E-state index contributed by atoms with van der Waals surface area (Å²) in [6.45, 7) is 2.35. The lowest BCUT2D eigenvalue weighted by Gasteiger charge is -2.37. The molecule has 2 heterocycles. The summed E-state index contributed by atoms with van der Waals surface area (Å²) in [6, 6.07) is 9.60. The van der Waals surface area contributed by atoms with Gasteiger partial charge in [-0.3, -0.25) is 4.90 Å². The number of benzene rings is 1. The summed E-state index contributed by atoms with van der Waals surface area (Å²) >= 11 is 0. The molecule has 1 aromatic heterocycles. The Morgan fingerprint density at radius 2 is 1.92 bits per heavy atom. The van der Waals surface area contributed by atoms with Crippen LogP contribution in [-0.2, 0) is 5.67 Å². The average molecular weight is 343 g/mol. The SMILES string of the molecule is F[C@@]1(c2nc(-c3ccccc3)no2)CCCN(CC2CCCCC2)C1. The fraction of sp³-hybridized carbons (Fsp3) is 0.600. The van der Waals surface area contributed by atoms with Crippen molar-refractivity contribution in [2.24, 2.45) is 5.92 Å². The van der Waals surface area contributed by atoms with Crippen molar-refractivity contribution in [3.8, 4) is 11.4 Å². The molecule has 2 aromatic rings. The molecular weight excluding hydrogens is 317 g/mol. The number of likely N-dealkylation sites (tertiary alicyclic amines) is 1. The Labute approximate surface area is 148 Å². The van der Waals surface area contributed by atoms with Crippen LogP contribution in [0.15, 0.2) is 34.9 Å². The van der Waals surface area contributed by atoms with E-state index in [0.29, 0.717) is 18.8 Å². The molecule has 0 spiro atoms. The van der Waals surface area contributed by atoms with Gasteiger partial charge in [0.25, 0.3) is 5.89 Å². The molecule has 0 radical (unpaired) electrons. The Bertz CT molecular complexity index is 683. The summed E-state index contributed by atoms with van der Waals surface area (Å²) in [5, 5.41) is 4.00. The predicted molar refractivity (Wildman–Crippen MR) is 94.8 cm³/mol. The highest BCUT2D eigenvalue weighted by Crippen LogP contribution is 2.36. The molecule has 25 heavy (non-hydrogen) atoms. The third-order valence-electron chi connectivity index (χ3n) is 5.60. The second-order valence-electron chi connectivity index (χ2n) is 7.60. The van der Waals surface area contributed by atoms with Gasteiger partial charge in [-0.2, -0.15) is 4.98 Å². The van der Waals surface area contributed by atoms with E-state index in [2.05, 4.69) is 15.0 Å². The molecule has 1 aromatic carbocycles. The second kappa shape index (κ2) is 7.24. The zero-order chi connectivity index (χ0) is 17.1. The van der Waals surface area contributed by atoms with Gasteiger partial charge in [-0.1, -0.05) is 54.8 Å². The summed E-state index contributed by atoms with van der Waals surface area (Å²) in [5.41, 5.74) is -0.664. The van der Waals surface area contributed by atoms with Crippen LogP contribution in [0, 0.1) is 5.92 Å². The summed E-state index contributed by atoms with van der Waals surface area (Å²) in [4.78, 5) is 6.65. The molecule has 0 bridgehead atoms. The normalized spacial score (nSPS) is 26.0. The quantitative estimate of drug-likeness (QED) is 0.815. The van der Waals surface area contributed by atoms with Crippen LogP contribution in [0.4, 0.5) is 4.39 Å². The second-order valence-corrected chi connectivity index (χ2v) is 7.60. The first-order chi connectivity index (χ1) is 12.2. The van der Waals surface area contributed by atoms with Crippen molar-refractivity contribution >= 4 is 0 Å². The zero-order valence-electron chi connectivity index (χ0n) is 14.7. The number of hydrogen-bond acceptors (Lipinski definition) is 4. The lowest BCUT2D eigenvalue weighted by atomic mass is 9.87. The highest BCUT2D eigenvalue weighted by atomic mass is 19.1. The zero-order valence-corrected chi connectivity index (χ0v) is 14.7. The maximum absolute atomic E-state index is 15.6. The fourth-order valence-electron chi connectivity index (χ4n) is 4.27. The molecule has 1 saturated heterocycles. The molecular formula is C20H26FN3O. The molecule has 1 aliphatic heterocycles. The van der Waals surface area contributed by atoms with Crippen molar-refractivity contribution in [2.75, 3.05) is 19.6 Å². The van der Waals surface area contributed by atoms with Gasteiger partial charge in [0.2, 0.25) is 11.5 Å². The molecule has 4 nitrogen and oxygen atoms in total. The van der Waals surface area contributed by atoms with Crippen LogP contribution in [0.2, 0.25) is 0 Å². The Morgan fingerprint density at radius 3 is 2.72 bits per heavy atom. The van der Waals surface area contributed by atoms with Crippen LogP contribution in [0.1, 0.15) is 50.8 Å². The van der Waals surface area contributed by atoms with Crippen molar-refractivity contribution in [3.05, 3.63) is 36.2 Å². The molecule has 0 unspecified atom stereocenters. The maximum atomic E-state index is 15.6. The first kappa shape index (κ1) is 16.7. The first-order valence-electron chi connectivity index (χ1n) is 9.54. The Balaban J connectivity index is 1.46. The lowest BCUT2D eigenvalue weighted by Crippen LogP contribution is -2.45. The predicted octanol–water partition coefficient (Wildman–Crippen LogP) is 4.58. The average Bonchev–Trinajstić information content (AvgIpc) is 3.15. The van der Waals surface area contributed by atoms with Crippen molar-refractivity contribution in [1.82, 2.24) is 15.0 Å². The van der Waals surface area contributed by atoms with E-state index in [0.717, 1.165) is 31.0 Å². The van der Waals surface area contributed by atoms with Gasteiger partial charge in [-0.25, -0.2) is 4.39 Å². The largest absolute Gasteiger partial charge is 0.335 e. The summed E-state index contributed by atoms with van der Waals surface area (Å²) in [7, 11) is 0. The molecule has 1 saturated carbocycles. The van der Waals surface area contributed by atoms with Crippen LogP contribution in [-0.4, -0.2) is 34.7 Å². The third kappa shape index (κ3) is 3.76. The smallest absolute Gasteiger partial charge is 0.265 e. The van der Waals surface area contributed by atoms with Gasteiger partial charge in [0, 0.05) is 18.7 Å². The minimum absolute atomic E-state index is 0.139. The minimum atomic E-state index is -1.52. The van der Waals surface area contributed by atoms with Crippen LogP contribution in [0.3, 0.4) is 0 Å². The summed E-state index contributed by atoms with van der Waals surface area (Å²) in [5.74, 6) is 1.33. The van der Waals surface area contributed by atoms with E-state index in [-0.39, 0.29) is 5.89 Å². The highest BCUT2D eigenvalue weighted by Gasteiger charge is 2.42. The van der Waals surface area contributed by atoms with E-state index in [1.165, 1.54) is 32.1 Å². The van der Waals surface area contributed by atoms with Crippen LogP contribution in [0.25, 0.3) is 11.4 Å². The number of hydrogen-bond donors (Lipinski definition) is 0. The molecule has 2 fully saturated rings. The van der Waals surface area contributed by atoms with Gasteiger partial charge in [0.05, 0.1) is 0 Å². The van der Waals surface area contributed by atoms with Crippen molar-refractivity contribution in [2.45, 2.75) is 50.6 Å². The van der Waals surface area contributed by atoms with Gasteiger partial charge in [0.1, 0.15) is 0 Å². The van der Waals surface area contributed by atoms with Gasteiger partial charge in [0.15, 0.2) is 0 Å². The maximum Gasteiger partial charge on any atom is 0.265 e. The summed E-state index contributed by atoms with van der Waals surface area (Å²) in [6.07, 6.45) is 7.88. The molecule has 0 amide bonds. The number of aromatic nitrogens is 2. The molecule has 5 heteroatoms. The first-order valence-corrected chi connectivity index (χ1v) is 9.54. The van der Waals surface area contributed by atoms with E-state index < -0.39 is 5.67 Å². The van der Waals surface area contributed by atoms with E-state index in [4.69, 9.17) is 4.52 Å². The van der Waals surface area contributed by atoms with E-state index in [1.807, 2.05) is 30.3 Å². The molecule has 0 N–H and O–H groups in total. The topological polar surface area (TPSA) is 42.2 Å². The van der Waals surface area contributed by atoms with Crippen LogP contribution in [0.5, 0.6) is 0 Å². The Kier molecular flexibility index (Phi) is 4.84. The van der Waals surface area contributed by atoms with Gasteiger partial charge in [-0.15, -0.1) is 0 Å². The van der Waals surface area contributed by atoms with Gasteiger partial charge in [-0.05, 0) is 38.1 Å². The summed E-state index contributed by atoms with van der Waals surface area (Å²) < 4.78 is 20.9. The fourth-order valence-corrected chi connectivity index (χ4v) is 4.27. The number of nitrogens with zero attached hydrogens (tertiary/aromatic N) is 3. The minimum Gasteiger partial charge on any atom is -0.335 e. The van der Waals surface area contributed by atoms with Crippen molar-refractivity contribution in [1.29, 1.82) is 0 Å². The Hall–Kier alpha value is -1.75. The molecule has 4 rings (SSSR count). The molecule has 1 atom stereocenters. The van der Waals surface area contributed by atoms with Crippen LogP contribution < -0.4 is 0 Å². The number of piperidine rings is 1. The van der Waals surface area contributed by atoms with Crippen molar-refractivity contribution in [3.63, 3.8) is 0 Å². The monoisotopic (exact) mass is 343 g/mol. The van der Waals surface area contributed by atoms with Crippen molar-refractivity contribution < 1.29 is 8.91 Å².